The maximum absolute atomic E-state index is 11.0. The fraction of sp³-hybridized carbons (Fsp3) is 0.273. The summed E-state index contributed by atoms with van der Waals surface area (Å²) in [6.45, 7) is 0. The average molecular weight is 242 g/mol. The lowest BCUT2D eigenvalue weighted by molar-refractivity contribution is -0.141. The minimum atomic E-state index is -1.07. The molecule has 1 amide bonds. The molecular formula is C11H12ClNO3. The van der Waals surface area contributed by atoms with Crippen LogP contribution in [0.2, 0.25) is 0 Å². The summed E-state index contributed by atoms with van der Waals surface area (Å²) in [6, 6.07) is 8.16. The number of hydrogen-bond donors (Lipinski definition) is 2. The molecule has 1 rings (SSSR count). The molecule has 2 N–H and O–H groups in total. The van der Waals surface area contributed by atoms with Gasteiger partial charge in [0.05, 0.1) is 0 Å². The molecule has 1 aromatic carbocycles. The molecule has 0 saturated heterocycles. The van der Waals surface area contributed by atoms with E-state index >= 15 is 0 Å². The van der Waals surface area contributed by atoms with Crippen molar-refractivity contribution >= 4 is 23.5 Å². The van der Waals surface area contributed by atoms with Gasteiger partial charge < -0.3 is 10.4 Å². The molecule has 0 unspecified atom stereocenters. The number of carboxylic acids is 1. The number of carbonyl (C=O) groups is 2. The molecule has 0 aliphatic carbocycles. The van der Waals surface area contributed by atoms with E-state index in [4.69, 9.17) is 16.7 Å². The van der Waals surface area contributed by atoms with Crippen LogP contribution in [0.4, 0.5) is 0 Å². The SMILES string of the molecule is O=C(CCl)N[C@H](Cc1ccccc1)C(=O)O. The van der Waals surface area contributed by atoms with E-state index in [1.807, 2.05) is 30.3 Å². The average Bonchev–Trinajstić information content (AvgIpc) is 2.29. The zero-order chi connectivity index (χ0) is 12.0. The van der Waals surface area contributed by atoms with Crippen molar-refractivity contribution in [1.82, 2.24) is 5.32 Å². The summed E-state index contributed by atoms with van der Waals surface area (Å²) < 4.78 is 0. The molecule has 0 aliphatic heterocycles. The van der Waals surface area contributed by atoms with Crippen LogP contribution in [-0.2, 0) is 16.0 Å². The largest absolute Gasteiger partial charge is 0.480 e. The van der Waals surface area contributed by atoms with Crippen LogP contribution >= 0.6 is 11.6 Å². The predicted molar refractivity (Wildman–Crippen MR) is 60.4 cm³/mol. The molecule has 1 aromatic rings. The van der Waals surface area contributed by atoms with E-state index in [2.05, 4.69) is 5.32 Å². The maximum Gasteiger partial charge on any atom is 0.326 e. The van der Waals surface area contributed by atoms with Crippen LogP contribution in [-0.4, -0.2) is 28.9 Å². The van der Waals surface area contributed by atoms with Crippen LogP contribution in [0, 0.1) is 0 Å². The van der Waals surface area contributed by atoms with Gasteiger partial charge in [-0.25, -0.2) is 4.79 Å². The van der Waals surface area contributed by atoms with Gasteiger partial charge in [0, 0.05) is 6.42 Å². The molecule has 4 nitrogen and oxygen atoms in total. The van der Waals surface area contributed by atoms with Gasteiger partial charge in [-0.05, 0) is 5.56 Å². The Morgan fingerprint density at radius 1 is 1.31 bits per heavy atom. The van der Waals surface area contributed by atoms with Crippen molar-refractivity contribution in [1.29, 1.82) is 0 Å². The molecule has 0 radical (unpaired) electrons. The fourth-order valence-corrected chi connectivity index (χ4v) is 1.36. The highest BCUT2D eigenvalue weighted by atomic mass is 35.5. The maximum atomic E-state index is 11.0. The zero-order valence-corrected chi connectivity index (χ0v) is 9.28. The van der Waals surface area contributed by atoms with Gasteiger partial charge in [-0.1, -0.05) is 30.3 Å². The third kappa shape index (κ3) is 3.90. The highest BCUT2D eigenvalue weighted by Gasteiger charge is 2.19. The molecule has 0 saturated carbocycles. The summed E-state index contributed by atoms with van der Waals surface area (Å²) in [6.07, 6.45) is 0.249. The van der Waals surface area contributed by atoms with Gasteiger partial charge in [0.25, 0.3) is 0 Å². The third-order valence-corrected chi connectivity index (χ3v) is 2.28. The van der Waals surface area contributed by atoms with E-state index in [9.17, 15) is 9.59 Å². The lowest BCUT2D eigenvalue weighted by Crippen LogP contribution is -2.42. The Kier molecular flexibility index (Phi) is 4.79. The van der Waals surface area contributed by atoms with E-state index in [0.29, 0.717) is 0 Å². The Labute approximate surface area is 98.2 Å². The van der Waals surface area contributed by atoms with Gasteiger partial charge in [-0.2, -0.15) is 0 Å². The van der Waals surface area contributed by atoms with Gasteiger partial charge in [-0.3, -0.25) is 4.79 Å². The summed E-state index contributed by atoms with van der Waals surface area (Å²) in [7, 11) is 0. The number of alkyl halides is 1. The van der Waals surface area contributed by atoms with Gasteiger partial charge >= 0.3 is 5.97 Å². The van der Waals surface area contributed by atoms with Crippen LogP contribution < -0.4 is 5.32 Å². The number of rotatable bonds is 5. The van der Waals surface area contributed by atoms with E-state index in [1.165, 1.54) is 0 Å². The Hall–Kier alpha value is -1.55. The molecule has 5 heteroatoms. The molecule has 0 bridgehead atoms. The minimum absolute atomic E-state index is 0.238. The number of aliphatic carboxylic acids is 1. The summed E-state index contributed by atoms with van der Waals surface area (Å²) in [4.78, 5) is 21.9. The smallest absolute Gasteiger partial charge is 0.326 e. The number of carbonyl (C=O) groups excluding carboxylic acids is 1. The molecule has 0 aromatic heterocycles. The molecular weight excluding hydrogens is 230 g/mol. The Morgan fingerprint density at radius 2 is 1.94 bits per heavy atom. The fourth-order valence-electron chi connectivity index (χ4n) is 1.28. The quantitative estimate of drug-likeness (QED) is 0.757. The van der Waals surface area contributed by atoms with E-state index in [0.717, 1.165) is 5.56 Å². The predicted octanol–water partition coefficient (Wildman–Crippen LogP) is 1.04. The molecule has 1 atom stereocenters. The highest BCUT2D eigenvalue weighted by molar-refractivity contribution is 6.27. The second-order valence-electron chi connectivity index (χ2n) is 3.28. The Balaban J connectivity index is 2.65. The zero-order valence-electron chi connectivity index (χ0n) is 8.52. The molecule has 16 heavy (non-hydrogen) atoms. The number of carboxylic acid groups (broad SMARTS) is 1. The van der Waals surface area contributed by atoms with Crippen molar-refractivity contribution in [2.75, 3.05) is 5.88 Å². The summed E-state index contributed by atoms with van der Waals surface area (Å²) in [5.41, 5.74) is 0.852. The van der Waals surface area contributed by atoms with E-state index < -0.39 is 17.9 Å². The highest BCUT2D eigenvalue weighted by Crippen LogP contribution is 2.03. The summed E-state index contributed by atoms with van der Waals surface area (Å²) in [5, 5.41) is 11.3. The van der Waals surface area contributed by atoms with Gasteiger partial charge in [-0.15, -0.1) is 11.6 Å². The van der Waals surface area contributed by atoms with Crippen LogP contribution in [0.25, 0.3) is 0 Å². The van der Waals surface area contributed by atoms with Crippen molar-refractivity contribution in [3.63, 3.8) is 0 Å². The first kappa shape index (κ1) is 12.5. The normalized spacial score (nSPS) is 11.8. The van der Waals surface area contributed by atoms with Crippen molar-refractivity contribution in [2.24, 2.45) is 0 Å². The van der Waals surface area contributed by atoms with Crippen LogP contribution in [0.15, 0.2) is 30.3 Å². The minimum Gasteiger partial charge on any atom is -0.480 e. The monoisotopic (exact) mass is 241 g/mol. The van der Waals surface area contributed by atoms with Crippen LogP contribution in [0.1, 0.15) is 5.56 Å². The Bertz CT molecular complexity index is 367. The lowest BCUT2D eigenvalue weighted by atomic mass is 10.1. The molecule has 0 fully saturated rings. The second kappa shape index (κ2) is 6.12. The van der Waals surface area contributed by atoms with Crippen LogP contribution in [0.5, 0.6) is 0 Å². The van der Waals surface area contributed by atoms with Gasteiger partial charge in [0.1, 0.15) is 11.9 Å². The van der Waals surface area contributed by atoms with E-state index in [-0.39, 0.29) is 12.3 Å². The number of benzene rings is 1. The van der Waals surface area contributed by atoms with Crippen molar-refractivity contribution in [3.05, 3.63) is 35.9 Å². The standard InChI is InChI=1S/C11H12ClNO3/c12-7-10(14)13-9(11(15)16)6-8-4-2-1-3-5-8/h1-5,9H,6-7H2,(H,13,14)(H,15,16)/t9-/m1/s1. The Morgan fingerprint density at radius 3 is 2.44 bits per heavy atom. The number of amides is 1. The molecule has 86 valence electrons. The first-order chi connectivity index (χ1) is 7.63. The lowest BCUT2D eigenvalue weighted by Gasteiger charge is -2.13. The molecule has 0 heterocycles. The first-order valence-electron chi connectivity index (χ1n) is 4.75. The van der Waals surface area contributed by atoms with Crippen molar-refractivity contribution < 1.29 is 14.7 Å². The summed E-state index contributed by atoms with van der Waals surface area (Å²) in [5.74, 6) is -1.79. The van der Waals surface area contributed by atoms with Gasteiger partial charge in [0.2, 0.25) is 5.91 Å². The number of nitrogens with one attached hydrogen (secondary N) is 1. The van der Waals surface area contributed by atoms with Gasteiger partial charge in [0.15, 0.2) is 0 Å². The number of halogens is 1. The molecule has 0 aliphatic rings. The van der Waals surface area contributed by atoms with Crippen molar-refractivity contribution in [3.8, 4) is 0 Å². The van der Waals surface area contributed by atoms with Crippen LogP contribution in [0.3, 0.4) is 0 Å². The second-order valence-corrected chi connectivity index (χ2v) is 3.55. The van der Waals surface area contributed by atoms with E-state index in [1.54, 1.807) is 0 Å². The first-order valence-corrected chi connectivity index (χ1v) is 5.29. The molecule has 0 spiro atoms. The topological polar surface area (TPSA) is 66.4 Å². The summed E-state index contributed by atoms with van der Waals surface area (Å²) >= 11 is 5.30. The van der Waals surface area contributed by atoms with Crippen molar-refractivity contribution in [2.45, 2.75) is 12.5 Å². The third-order valence-electron chi connectivity index (χ3n) is 2.04. The number of hydrogen-bond acceptors (Lipinski definition) is 2.